The maximum Gasteiger partial charge on any atom is 0.271 e. The Labute approximate surface area is 135 Å². The molecule has 2 rings (SSSR count). The van der Waals surface area contributed by atoms with Crippen LogP contribution >= 0.6 is 12.4 Å². The van der Waals surface area contributed by atoms with Crippen LogP contribution in [0.3, 0.4) is 0 Å². The molecule has 0 unspecified atom stereocenters. The molecule has 0 radical (unpaired) electrons. The van der Waals surface area contributed by atoms with Gasteiger partial charge in [0.1, 0.15) is 11.5 Å². The Bertz CT molecular complexity index is 582. The minimum Gasteiger partial charge on any atom is -0.460 e. The fourth-order valence-corrected chi connectivity index (χ4v) is 1.80. The van der Waals surface area contributed by atoms with E-state index < -0.39 is 0 Å². The smallest absolute Gasteiger partial charge is 0.271 e. The van der Waals surface area contributed by atoms with E-state index in [2.05, 4.69) is 20.8 Å². The summed E-state index contributed by atoms with van der Waals surface area (Å²) in [5.41, 5.74) is 1.03. The van der Waals surface area contributed by atoms with Crippen LogP contribution in [0.15, 0.2) is 22.6 Å². The quantitative estimate of drug-likeness (QED) is 0.636. The zero-order valence-corrected chi connectivity index (χ0v) is 13.5. The lowest BCUT2D eigenvalue weighted by Crippen LogP contribution is -2.33. The summed E-state index contributed by atoms with van der Waals surface area (Å²) in [5, 5.41) is 12.7. The number of ether oxygens (including phenoxy) is 1. The maximum atomic E-state index is 11.9. The number of aryl methyl sites for hydroxylation is 1. The number of hydrogen-bond donors (Lipinski definition) is 3. The fourth-order valence-electron chi connectivity index (χ4n) is 1.80. The summed E-state index contributed by atoms with van der Waals surface area (Å²) < 4.78 is 10.4. The Morgan fingerprint density at radius 2 is 2.18 bits per heavy atom. The lowest BCUT2D eigenvalue weighted by Gasteiger charge is -2.04. The number of aromatic amines is 1. The van der Waals surface area contributed by atoms with Crippen LogP contribution in [0.1, 0.15) is 16.2 Å². The largest absolute Gasteiger partial charge is 0.460 e. The van der Waals surface area contributed by atoms with Crippen LogP contribution in [-0.2, 0) is 4.74 Å². The topological polar surface area (TPSA) is 92.2 Å². The first-order chi connectivity index (χ1) is 10.2. The van der Waals surface area contributed by atoms with E-state index >= 15 is 0 Å². The normalized spacial score (nSPS) is 10.3. The molecule has 0 aliphatic rings. The molecule has 1 amide bonds. The van der Waals surface area contributed by atoms with Crippen LogP contribution in [0.4, 0.5) is 0 Å². The van der Waals surface area contributed by atoms with E-state index in [-0.39, 0.29) is 18.3 Å². The molecule has 2 aromatic rings. The molecule has 0 bridgehead atoms. The average molecular weight is 329 g/mol. The minimum atomic E-state index is -0.214. The molecular weight excluding hydrogens is 308 g/mol. The SMILES string of the molecule is COCCNCCNC(=O)c1cc(-c2ccc(C)o2)[nH]n1.Cl. The minimum absolute atomic E-state index is 0. The first-order valence-corrected chi connectivity index (χ1v) is 6.81. The highest BCUT2D eigenvalue weighted by Crippen LogP contribution is 2.20. The van der Waals surface area contributed by atoms with E-state index in [1.54, 1.807) is 13.2 Å². The van der Waals surface area contributed by atoms with Gasteiger partial charge in [-0.25, -0.2) is 0 Å². The van der Waals surface area contributed by atoms with E-state index in [1.807, 2.05) is 19.1 Å². The summed E-state index contributed by atoms with van der Waals surface area (Å²) in [7, 11) is 1.65. The zero-order valence-electron chi connectivity index (χ0n) is 12.6. The fraction of sp³-hybridized carbons (Fsp3) is 0.429. The number of halogens is 1. The highest BCUT2D eigenvalue weighted by molar-refractivity contribution is 5.93. The molecule has 7 nitrogen and oxygen atoms in total. The summed E-state index contributed by atoms with van der Waals surface area (Å²) >= 11 is 0. The van der Waals surface area contributed by atoms with Gasteiger partial charge in [0.2, 0.25) is 0 Å². The number of rotatable bonds is 8. The van der Waals surface area contributed by atoms with Crippen molar-refractivity contribution >= 4 is 18.3 Å². The highest BCUT2D eigenvalue weighted by atomic mass is 35.5. The predicted molar refractivity (Wildman–Crippen MR) is 85.4 cm³/mol. The number of carbonyl (C=O) groups excluding carboxylic acids is 1. The van der Waals surface area contributed by atoms with E-state index in [0.29, 0.717) is 36.8 Å². The van der Waals surface area contributed by atoms with Gasteiger partial charge in [0.25, 0.3) is 5.91 Å². The number of nitrogens with zero attached hydrogens (tertiary/aromatic N) is 1. The highest BCUT2D eigenvalue weighted by Gasteiger charge is 2.12. The summed E-state index contributed by atoms with van der Waals surface area (Å²) in [4.78, 5) is 11.9. The van der Waals surface area contributed by atoms with Gasteiger partial charge in [-0.3, -0.25) is 9.89 Å². The van der Waals surface area contributed by atoms with Crippen LogP contribution in [0.2, 0.25) is 0 Å². The van der Waals surface area contributed by atoms with Crippen molar-refractivity contribution in [3.05, 3.63) is 29.7 Å². The van der Waals surface area contributed by atoms with Gasteiger partial charge in [-0.1, -0.05) is 0 Å². The van der Waals surface area contributed by atoms with E-state index in [9.17, 15) is 4.79 Å². The lowest BCUT2D eigenvalue weighted by atomic mass is 10.3. The number of H-pyrrole nitrogens is 1. The number of hydrogen-bond acceptors (Lipinski definition) is 5. The predicted octanol–water partition coefficient (Wildman–Crippen LogP) is 1.37. The van der Waals surface area contributed by atoms with Crippen molar-refractivity contribution in [2.75, 3.05) is 33.4 Å². The summed E-state index contributed by atoms with van der Waals surface area (Å²) in [6.07, 6.45) is 0. The zero-order chi connectivity index (χ0) is 15.1. The number of methoxy groups -OCH3 is 1. The Morgan fingerprint density at radius 3 is 2.86 bits per heavy atom. The van der Waals surface area contributed by atoms with Crippen molar-refractivity contribution in [2.45, 2.75) is 6.92 Å². The second kappa shape index (κ2) is 9.24. The molecule has 0 aliphatic heterocycles. The number of aromatic nitrogens is 2. The Morgan fingerprint density at radius 1 is 1.36 bits per heavy atom. The number of carbonyl (C=O) groups is 1. The van der Waals surface area contributed by atoms with Crippen molar-refractivity contribution in [1.82, 2.24) is 20.8 Å². The second-order valence-electron chi connectivity index (χ2n) is 4.58. The van der Waals surface area contributed by atoms with Crippen LogP contribution in [0.25, 0.3) is 11.5 Å². The van der Waals surface area contributed by atoms with Crippen molar-refractivity contribution in [3.63, 3.8) is 0 Å². The number of furan rings is 1. The molecule has 0 saturated heterocycles. The molecule has 0 saturated carbocycles. The van der Waals surface area contributed by atoms with Gasteiger partial charge in [-0.2, -0.15) is 5.10 Å². The van der Waals surface area contributed by atoms with Crippen molar-refractivity contribution in [1.29, 1.82) is 0 Å². The molecule has 0 fully saturated rings. The molecule has 8 heteroatoms. The molecule has 0 atom stereocenters. The Balaban J connectivity index is 0.00000242. The van der Waals surface area contributed by atoms with E-state index in [4.69, 9.17) is 9.15 Å². The molecule has 0 aromatic carbocycles. The molecule has 3 N–H and O–H groups in total. The van der Waals surface area contributed by atoms with Gasteiger partial charge in [0, 0.05) is 32.8 Å². The Hall–Kier alpha value is -1.83. The average Bonchev–Trinajstić information content (AvgIpc) is 3.11. The van der Waals surface area contributed by atoms with Gasteiger partial charge in [0.05, 0.1) is 6.61 Å². The van der Waals surface area contributed by atoms with Gasteiger partial charge in [-0.15, -0.1) is 12.4 Å². The monoisotopic (exact) mass is 328 g/mol. The Kier molecular flexibility index (Phi) is 7.65. The molecular formula is C14H21ClN4O3. The first kappa shape index (κ1) is 18.2. The van der Waals surface area contributed by atoms with Gasteiger partial charge < -0.3 is 19.8 Å². The van der Waals surface area contributed by atoms with Gasteiger partial charge >= 0.3 is 0 Å². The van der Waals surface area contributed by atoms with Crippen LogP contribution in [-0.4, -0.2) is 49.5 Å². The number of nitrogens with one attached hydrogen (secondary N) is 3. The standard InChI is InChI=1S/C14H20N4O3.ClH/c1-10-3-4-13(21-10)11-9-12(18-17-11)14(19)16-6-5-15-7-8-20-2;/h3-4,9,15H,5-8H2,1-2H3,(H,16,19)(H,17,18);1H. The third kappa shape index (κ3) is 5.18. The first-order valence-electron chi connectivity index (χ1n) is 6.81. The van der Waals surface area contributed by atoms with Crippen LogP contribution in [0.5, 0.6) is 0 Å². The van der Waals surface area contributed by atoms with E-state index in [0.717, 1.165) is 12.3 Å². The van der Waals surface area contributed by atoms with Crippen molar-refractivity contribution in [3.8, 4) is 11.5 Å². The summed E-state index contributed by atoms with van der Waals surface area (Å²) in [6, 6.07) is 5.37. The van der Waals surface area contributed by atoms with Crippen LogP contribution in [0, 0.1) is 6.92 Å². The molecule has 2 heterocycles. The molecule has 22 heavy (non-hydrogen) atoms. The number of amides is 1. The summed E-state index contributed by atoms with van der Waals surface area (Å²) in [5.74, 6) is 1.27. The van der Waals surface area contributed by atoms with E-state index in [1.165, 1.54) is 0 Å². The molecule has 122 valence electrons. The van der Waals surface area contributed by atoms with Gasteiger partial charge in [-0.05, 0) is 19.1 Å². The lowest BCUT2D eigenvalue weighted by molar-refractivity contribution is 0.0948. The maximum absolute atomic E-state index is 11.9. The third-order valence-electron chi connectivity index (χ3n) is 2.89. The van der Waals surface area contributed by atoms with Crippen molar-refractivity contribution in [2.24, 2.45) is 0 Å². The van der Waals surface area contributed by atoms with Gasteiger partial charge in [0.15, 0.2) is 11.5 Å². The molecule has 0 aliphatic carbocycles. The molecule has 0 spiro atoms. The molecule has 2 aromatic heterocycles. The third-order valence-corrected chi connectivity index (χ3v) is 2.89. The second-order valence-corrected chi connectivity index (χ2v) is 4.58. The van der Waals surface area contributed by atoms with Crippen LogP contribution < -0.4 is 10.6 Å². The summed E-state index contributed by atoms with van der Waals surface area (Å²) in [6.45, 7) is 4.49. The van der Waals surface area contributed by atoms with Crippen molar-refractivity contribution < 1.29 is 13.9 Å².